The van der Waals surface area contributed by atoms with Crippen molar-refractivity contribution in [1.29, 1.82) is 0 Å². The number of piperidine rings is 1. The second-order valence-corrected chi connectivity index (χ2v) is 7.88. The van der Waals surface area contributed by atoms with Crippen LogP contribution in [0.15, 0.2) is 30.3 Å². The minimum absolute atomic E-state index is 0.0000440. The van der Waals surface area contributed by atoms with Gasteiger partial charge in [-0.15, -0.1) is 0 Å². The number of rotatable bonds is 4. The first-order valence-corrected chi connectivity index (χ1v) is 9.93. The molecule has 6 nitrogen and oxygen atoms in total. The zero-order valence-corrected chi connectivity index (χ0v) is 15.9. The van der Waals surface area contributed by atoms with Crippen molar-refractivity contribution in [3.8, 4) is 0 Å². The van der Waals surface area contributed by atoms with Gasteiger partial charge in [0, 0.05) is 49.0 Å². The molecule has 27 heavy (non-hydrogen) atoms. The minimum atomic E-state index is -0.501. The molecular formula is C21H28N4O2. The van der Waals surface area contributed by atoms with E-state index in [4.69, 9.17) is 0 Å². The normalized spacial score (nSPS) is 23.0. The number of aromatic nitrogens is 2. The van der Waals surface area contributed by atoms with Crippen molar-refractivity contribution in [2.24, 2.45) is 5.92 Å². The largest absolute Gasteiger partial charge is 0.391 e. The third kappa shape index (κ3) is 4.00. The Balaban J connectivity index is 1.39. The Kier molecular flexibility index (Phi) is 5.16. The molecule has 1 aromatic carbocycles. The lowest BCUT2D eigenvalue weighted by Crippen LogP contribution is -2.30. The smallest absolute Gasteiger partial charge is 0.253 e. The number of anilines is 1. The van der Waals surface area contributed by atoms with Gasteiger partial charge < -0.3 is 14.9 Å². The van der Waals surface area contributed by atoms with Crippen LogP contribution in [0.2, 0.25) is 0 Å². The third-order valence-corrected chi connectivity index (χ3v) is 5.76. The van der Waals surface area contributed by atoms with Gasteiger partial charge in [0.15, 0.2) is 0 Å². The fraction of sp³-hybridized carbons (Fsp3) is 0.524. The summed E-state index contributed by atoms with van der Waals surface area (Å²) in [7, 11) is 0. The Morgan fingerprint density at radius 3 is 2.59 bits per heavy atom. The van der Waals surface area contributed by atoms with Crippen LogP contribution < -0.4 is 4.90 Å². The van der Waals surface area contributed by atoms with Crippen molar-refractivity contribution >= 4 is 11.6 Å². The molecule has 4 rings (SSSR count). The predicted molar refractivity (Wildman–Crippen MR) is 105 cm³/mol. The molecule has 1 aromatic heterocycles. The number of hydrogen-bond acceptors (Lipinski definition) is 4. The van der Waals surface area contributed by atoms with Gasteiger partial charge in [-0.25, -0.2) is 0 Å². The van der Waals surface area contributed by atoms with E-state index in [1.54, 1.807) is 4.90 Å². The molecule has 0 radical (unpaired) electrons. The van der Waals surface area contributed by atoms with Crippen molar-refractivity contribution in [3.63, 3.8) is 0 Å². The number of carbonyl (C=O) groups excluding carboxylic acids is 1. The van der Waals surface area contributed by atoms with Crippen LogP contribution in [0.3, 0.4) is 0 Å². The monoisotopic (exact) mass is 368 g/mol. The van der Waals surface area contributed by atoms with Crippen LogP contribution in [0.25, 0.3) is 0 Å². The summed E-state index contributed by atoms with van der Waals surface area (Å²) in [6.07, 6.45) is 3.97. The second kappa shape index (κ2) is 7.72. The van der Waals surface area contributed by atoms with Gasteiger partial charge in [-0.2, -0.15) is 5.10 Å². The fourth-order valence-electron chi connectivity index (χ4n) is 4.22. The van der Waals surface area contributed by atoms with Crippen LogP contribution in [0, 0.1) is 12.8 Å². The summed E-state index contributed by atoms with van der Waals surface area (Å²) in [5.41, 5.74) is 3.84. The molecular weight excluding hydrogens is 340 g/mol. The lowest BCUT2D eigenvalue weighted by molar-refractivity contribution is 0.0764. The summed E-state index contributed by atoms with van der Waals surface area (Å²) in [5, 5.41) is 17.6. The number of aliphatic hydroxyl groups is 1. The van der Waals surface area contributed by atoms with E-state index in [1.807, 2.05) is 25.1 Å². The first-order valence-electron chi connectivity index (χ1n) is 9.93. The van der Waals surface area contributed by atoms with Gasteiger partial charge in [-0.3, -0.25) is 9.89 Å². The van der Waals surface area contributed by atoms with E-state index in [1.165, 1.54) is 24.9 Å². The Morgan fingerprint density at radius 1 is 1.19 bits per heavy atom. The maximum absolute atomic E-state index is 12.9. The maximum atomic E-state index is 12.9. The molecule has 0 spiro atoms. The highest BCUT2D eigenvalue weighted by molar-refractivity contribution is 5.94. The molecule has 0 aliphatic carbocycles. The number of hydrogen-bond donors (Lipinski definition) is 2. The Bertz CT molecular complexity index is 780. The van der Waals surface area contributed by atoms with Crippen molar-refractivity contribution in [2.75, 3.05) is 31.1 Å². The molecule has 2 aliphatic heterocycles. The zero-order chi connectivity index (χ0) is 18.8. The van der Waals surface area contributed by atoms with Gasteiger partial charge >= 0.3 is 0 Å². The van der Waals surface area contributed by atoms with Crippen LogP contribution in [0.4, 0.5) is 5.69 Å². The SMILES string of the molecule is Cc1cc(CC2CN(C(=O)c3ccc(N4CCCCC4)cc3)CC2O)n[nH]1. The lowest BCUT2D eigenvalue weighted by Gasteiger charge is -2.29. The molecule has 144 valence electrons. The van der Waals surface area contributed by atoms with Gasteiger partial charge in [0.1, 0.15) is 0 Å². The molecule has 3 heterocycles. The van der Waals surface area contributed by atoms with Crippen molar-refractivity contribution in [1.82, 2.24) is 15.1 Å². The number of H-pyrrole nitrogens is 1. The molecule has 1 amide bonds. The summed E-state index contributed by atoms with van der Waals surface area (Å²) >= 11 is 0. The minimum Gasteiger partial charge on any atom is -0.391 e. The number of carbonyl (C=O) groups is 1. The third-order valence-electron chi connectivity index (χ3n) is 5.76. The lowest BCUT2D eigenvalue weighted by atomic mass is 10.0. The highest BCUT2D eigenvalue weighted by Gasteiger charge is 2.34. The molecule has 2 atom stereocenters. The van der Waals surface area contributed by atoms with Crippen molar-refractivity contribution in [2.45, 2.75) is 38.7 Å². The number of likely N-dealkylation sites (tertiary alicyclic amines) is 1. The van der Waals surface area contributed by atoms with Crippen LogP contribution in [0.1, 0.15) is 41.0 Å². The number of nitrogens with one attached hydrogen (secondary N) is 1. The van der Waals surface area contributed by atoms with Crippen molar-refractivity contribution in [3.05, 3.63) is 47.3 Å². The van der Waals surface area contributed by atoms with E-state index in [2.05, 4.69) is 27.2 Å². The van der Waals surface area contributed by atoms with E-state index >= 15 is 0 Å². The molecule has 2 N–H and O–H groups in total. The standard InChI is InChI=1S/C21H28N4O2/c1-15-11-18(23-22-15)12-17-13-25(14-20(17)26)21(27)16-5-7-19(8-6-16)24-9-3-2-4-10-24/h5-8,11,17,20,26H,2-4,9-10,12-14H2,1H3,(H,22,23). The fourth-order valence-corrected chi connectivity index (χ4v) is 4.22. The van der Waals surface area contributed by atoms with Gasteiger partial charge in [0.25, 0.3) is 5.91 Å². The molecule has 0 bridgehead atoms. The Labute approximate surface area is 160 Å². The molecule has 6 heteroatoms. The first-order chi connectivity index (χ1) is 13.1. The van der Waals surface area contributed by atoms with Crippen LogP contribution >= 0.6 is 0 Å². The van der Waals surface area contributed by atoms with Crippen LogP contribution in [-0.4, -0.2) is 58.4 Å². The van der Waals surface area contributed by atoms with E-state index in [0.717, 1.165) is 24.5 Å². The number of aliphatic hydroxyl groups excluding tert-OH is 1. The number of nitrogens with zero attached hydrogens (tertiary/aromatic N) is 3. The van der Waals surface area contributed by atoms with E-state index < -0.39 is 6.10 Å². The molecule has 2 fully saturated rings. The second-order valence-electron chi connectivity index (χ2n) is 7.88. The average molecular weight is 368 g/mol. The van der Waals surface area contributed by atoms with Gasteiger partial charge in [0.2, 0.25) is 0 Å². The molecule has 2 unspecified atom stereocenters. The number of benzene rings is 1. The molecule has 2 saturated heterocycles. The van der Waals surface area contributed by atoms with E-state index in [9.17, 15) is 9.90 Å². The van der Waals surface area contributed by atoms with Gasteiger partial charge in [-0.05, 0) is 62.9 Å². The van der Waals surface area contributed by atoms with Crippen LogP contribution in [-0.2, 0) is 6.42 Å². The average Bonchev–Trinajstić information content (AvgIpc) is 3.28. The van der Waals surface area contributed by atoms with Crippen LogP contribution in [0.5, 0.6) is 0 Å². The molecule has 2 aliphatic rings. The molecule has 0 saturated carbocycles. The number of aromatic amines is 1. The Hall–Kier alpha value is -2.34. The Morgan fingerprint density at radius 2 is 1.93 bits per heavy atom. The summed E-state index contributed by atoms with van der Waals surface area (Å²) < 4.78 is 0. The topological polar surface area (TPSA) is 72.5 Å². The summed E-state index contributed by atoms with van der Waals surface area (Å²) in [4.78, 5) is 17.0. The number of β-amino-alcohol motifs (C(OH)–C–C–N with tert-alkyl or cyclic N) is 1. The van der Waals surface area contributed by atoms with Crippen molar-refractivity contribution < 1.29 is 9.90 Å². The quantitative estimate of drug-likeness (QED) is 0.869. The maximum Gasteiger partial charge on any atom is 0.253 e. The number of aryl methyl sites for hydroxylation is 1. The molecule has 2 aromatic rings. The summed E-state index contributed by atoms with van der Waals surface area (Å²) in [5.74, 6) is 0.0317. The summed E-state index contributed by atoms with van der Waals surface area (Å²) in [6.45, 7) is 5.12. The van der Waals surface area contributed by atoms with E-state index in [0.29, 0.717) is 25.1 Å². The first kappa shape index (κ1) is 18.0. The van der Waals surface area contributed by atoms with Gasteiger partial charge in [0.05, 0.1) is 11.8 Å². The van der Waals surface area contributed by atoms with Gasteiger partial charge in [-0.1, -0.05) is 0 Å². The highest BCUT2D eigenvalue weighted by atomic mass is 16.3. The summed E-state index contributed by atoms with van der Waals surface area (Å²) in [6, 6.07) is 9.94. The number of amides is 1. The zero-order valence-electron chi connectivity index (χ0n) is 15.9. The predicted octanol–water partition coefficient (Wildman–Crippen LogP) is 2.38. The van der Waals surface area contributed by atoms with E-state index in [-0.39, 0.29) is 11.8 Å². The highest BCUT2D eigenvalue weighted by Crippen LogP contribution is 2.24.